The molecule has 2 aromatic carbocycles. The summed E-state index contributed by atoms with van der Waals surface area (Å²) in [4.78, 5) is 11.3. The Labute approximate surface area is 135 Å². The SMILES string of the molecule is Cn1c(=O)oc2cc(NS(=O)(=O)c3ccc(F)c(Cl)c3)ccc21. The molecule has 23 heavy (non-hydrogen) atoms. The first-order valence-corrected chi connectivity index (χ1v) is 8.21. The highest BCUT2D eigenvalue weighted by atomic mass is 35.5. The number of halogens is 2. The molecule has 0 aliphatic heterocycles. The molecule has 0 bridgehead atoms. The molecule has 6 nitrogen and oxygen atoms in total. The van der Waals surface area contributed by atoms with Gasteiger partial charge in [-0.05, 0) is 30.3 Å². The lowest BCUT2D eigenvalue weighted by atomic mass is 10.3. The lowest BCUT2D eigenvalue weighted by Gasteiger charge is -2.08. The zero-order valence-corrected chi connectivity index (χ0v) is 13.3. The van der Waals surface area contributed by atoms with Gasteiger partial charge in [-0.15, -0.1) is 0 Å². The van der Waals surface area contributed by atoms with Crippen LogP contribution in [-0.4, -0.2) is 13.0 Å². The average Bonchev–Trinajstić information content (AvgIpc) is 2.76. The highest BCUT2D eigenvalue weighted by Gasteiger charge is 2.17. The third-order valence-corrected chi connectivity index (χ3v) is 4.91. The Bertz CT molecular complexity index is 1070. The molecule has 120 valence electrons. The van der Waals surface area contributed by atoms with Gasteiger partial charge in [0.2, 0.25) is 0 Å². The molecule has 0 saturated heterocycles. The van der Waals surface area contributed by atoms with Gasteiger partial charge in [0, 0.05) is 13.1 Å². The molecule has 0 fully saturated rings. The third kappa shape index (κ3) is 2.82. The van der Waals surface area contributed by atoms with Crippen molar-refractivity contribution < 1.29 is 17.2 Å². The zero-order chi connectivity index (χ0) is 16.8. The molecule has 0 saturated carbocycles. The molecule has 1 aromatic heterocycles. The molecule has 0 radical (unpaired) electrons. The van der Waals surface area contributed by atoms with Gasteiger partial charge in [0.05, 0.1) is 21.1 Å². The Morgan fingerprint density at radius 3 is 2.65 bits per heavy atom. The summed E-state index contributed by atoms with van der Waals surface area (Å²) in [6, 6.07) is 7.51. The van der Waals surface area contributed by atoms with Gasteiger partial charge < -0.3 is 4.42 Å². The van der Waals surface area contributed by atoms with Crippen LogP contribution in [0, 0.1) is 5.82 Å². The Hall–Kier alpha value is -2.32. The summed E-state index contributed by atoms with van der Waals surface area (Å²) in [6.45, 7) is 0. The minimum atomic E-state index is -3.95. The van der Waals surface area contributed by atoms with Gasteiger partial charge in [-0.1, -0.05) is 11.6 Å². The quantitative estimate of drug-likeness (QED) is 0.782. The first-order valence-electron chi connectivity index (χ1n) is 6.35. The van der Waals surface area contributed by atoms with Crippen molar-refractivity contribution in [3.63, 3.8) is 0 Å². The van der Waals surface area contributed by atoms with Crippen LogP contribution in [-0.2, 0) is 17.1 Å². The Morgan fingerprint density at radius 1 is 1.22 bits per heavy atom. The highest BCUT2D eigenvalue weighted by molar-refractivity contribution is 7.92. The van der Waals surface area contributed by atoms with E-state index in [1.165, 1.54) is 16.7 Å². The zero-order valence-electron chi connectivity index (χ0n) is 11.7. The predicted octanol–water partition coefficient (Wildman–Crippen LogP) is 2.72. The van der Waals surface area contributed by atoms with Crippen LogP contribution in [0.5, 0.6) is 0 Å². The summed E-state index contributed by atoms with van der Waals surface area (Å²) in [5.74, 6) is -1.26. The Morgan fingerprint density at radius 2 is 1.96 bits per heavy atom. The number of anilines is 1. The van der Waals surface area contributed by atoms with Crippen LogP contribution in [0.4, 0.5) is 10.1 Å². The molecule has 1 N–H and O–H groups in total. The van der Waals surface area contributed by atoms with Crippen LogP contribution < -0.4 is 10.5 Å². The van der Waals surface area contributed by atoms with Crippen molar-refractivity contribution in [2.75, 3.05) is 4.72 Å². The van der Waals surface area contributed by atoms with Gasteiger partial charge in [-0.25, -0.2) is 17.6 Å². The van der Waals surface area contributed by atoms with Crippen molar-refractivity contribution >= 4 is 38.4 Å². The molecular weight excluding hydrogens is 347 g/mol. The summed E-state index contributed by atoms with van der Waals surface area (Å²) in [5, 5.41) is -0.294. The van der Waals surface area contributed by atoms with Crippen LogP contribution in [0.15, 0.2) is 50.5 Å². The second-order valence-corrected chi connectivity index (χ2v) is 6.88. The van der Waals surface area contributed by atoms with E-state index in [1.807, 2.05) is 0 Å². The van der Waals surface area contributed by atoms with E-state index in [0.717, 1.165) is 18.2 Å². The maximum atomic E-state index is 13.1. The summed E-state index contributed by atoms with van der Waals surface area (Å²) >= 11 is 5.60. The maximum absolute atomic E-state index is 13.1. The van der Waals surface area contributed by atoms with Crippen LogP contribution in [0.1, 0.15) is 0 Å². The fraction of sp³-hybridized carbons (Fsp3) is 0.0714. The van der Waals surface area contributed by atoms with Gasteiger partial charge >= 0.3 is 5.76 Å². The van der Waals surface area contributed by atoms with Crippen LogP contribution in [0.25, 0.3) is 11.1 Å². The number of nitrogens with zero attached hydrogens (tertiary/aromatic N) is 1. The topological polar surface area (TPSA) is 81.3 Å². The molecule has 3 rings (SSSR count). The Kier molecular flexibility index (Phi) is 3.65. The van der Waals surface area contributed by atoms with E-state index < -0.39 is 21.6 Å². The van der Waals surface area contributed by atoms with Crippen LogP contribution >= 0.6 is 11.6 Å². The molecule has 0 unspecified atom stereocenters. The molecule has 1 heterocycles. The molecular formula is C14H10ClFN2O4S. The van der Waals surface area contributed by atoms with Crippen molar-refractivity contribution in [2.45, 2.75) is 4.90 Å². The summed E-state index contributed by atoms with van der Waals surface area (Å²) < 4.78 is 46.3. The first-order chi connectivity index (χ1) is 10.8. The number of nitrogens with one attached hydrogen (secondary N) is 1. The molecule has 3 aromatic rings. The molecule has 9 heteroatoms. The van der Waals surface area contributed by atoms with E-state index >= 15 is 0 Å². The van der Waals surface area contributed by atoms with Gasteiger partial charge in [-0.3, -0.25) is 9.29 Å². The fourth-order valence-electron chi connectivity index (χ4n) is 2.06. The molecule has 0 atom stereocenters. The van der Waals surface area contributed by atoms with Gasteiger partial charge in [0.15, 0.2) is 5.58 Å². The number of fused-ring (bicyclic) bond motifs is 1. The fourth-order valence-corrected chi connectivity index (χ4v) is 3.38. The monoisotopic (exact) mass is 356 g/mol. The van der Waals surface area contributed by atoms with Crippen molar-refractivity contribution in [3.05, 3.63) is 57.8 Å². The number of hydrogen-bond donors (Lipinski definition) is 1. The highest BCUT2D eigenvalue weighted by Crippen LogP contribution is 2.23. The van der Waals surface area contributed by atoms with Crippen LogP contribution in [0.2, 0.25) is 5.02 Å². The van der Waals surface area contributed by atoms with E-state index in [9.17, 15) is 17.6 Å². The van der Waals surface area contributed by atoms with Crippen LogP contribution in [0.3, 0.4) is 0 Å². The normalized spacial score (nSPS) is 11.8. The van der Waals surface area contributed by atoms with E-state index in [4.69, 9.17) is 16.0 Å². The van der Waals surface area contributed by atoms with Crippen molar-refractivity contribution in [1.82, 2.24) is 4.57 Å². The van der Waals surface area contributed by atoms with E-state index in [1.54, 1.807) is 13.1 Å². The summed E-state index contributed by atoms with van der Waals surface area (Å²) in [5.41, 5.74) is 0.977. The van der Waals surface area contributed by atoms with E-state index in [-0.39, 0.29) is 21.2 Å². The van der Waals surface area contributed by atoms with E-state index in [2.05, 4.69) is 4.72 Å². The van der Waals surface area contributed by atoms with Gasteiger partial charge in [-0.2, -0.15) is 0 Å². The van der Waals surface area contributed by atoms with Crippen molar-refractivity contribution in [1.29, 1.82) is 0 Å². The number of rotatable bonds is 3. The average molecular weight is 357 g/mol. The standard InChI is InChI=1S/C14H10ClFN2O4S/c1-18-12-5-2-8(6-13(12)22-14(18)19)17-23(20,21)9-3-4-11(16)10(15)7-9/h2-7,17H,1H3. The van der Waals surface area contributed by atoms with Crippen molar-refractivity contribution in [3.8, 4) is 0 Å². The van der Waals surface area contributed by atoms with Gasteiger partial charge in [0.1, 0.15) is 5.82 Å². The minimum Gasteiger partial charge on any atom is -0.408 e. The molecule has 0 aliphatic rings. The van der Waals surface area contributed by atoms with E-state index in [0.29, 0.717) is 5.52 Å². The van der Waals surface area contributed by atoms with Gasteiger partial charge in [0.25, 0.3) is 10.0 Å². The number of oxazole rings is 1. The number of sulfonamides is 1. The first kappa shape index (κ1) is 15.6. The predicted molar refractivity (Wildman–Crippen MR) is 83.7 cm³/mol. The smallest absolute Gasteiger partial charge is 0.408 e. The molecule has 0 amide bonds. The molecule has 0 spiro atoms. The number of aryl methyl sites for hydroxylation is 1. The number of aromatic nitrogens is 1. The molecule has 0 aliphatic carbocycles. The number of benzene rings is 2. The maximum Gasteiger partial charge on any atom is 0.419 e. The lowest BCUT2D eigenvalue weighted by Crippen LogP contribution is -2.13. The second-order valence-electron chi connectivity index (χ2n) is 4.79. The third-order valence-electron chi connectivity index (χ3n) is 3.25. The number of hydrogen-bond acceptors (Lipinski definition) is 4. The largest absolute Gasteiger partial charge is 0.419 e. The summed E-state index contributed by atoms with van der Waals surface area (Å²) in [6.07, 6.45) is 0. The second kappa shape index (κ2) is 5.39. The summed E-state index contributed by atoms with van der Waals surface area (Å²) in [7, 11) is -2.41. The Balaban J connectivity index is 1.99. The lowest BCUT2D eigenvalue weighted by molar-refractivity contribution is 0.528. The van der Waals surface area contributed by atoms with Crippen molar-refractivity contribution in [2.24, 2.45) is 7.05 Å². The minimum absolute atomic E-state index is 0.182.